The van der Waals surface area contributed by atoms with Gasteiger partial charge in [-0.15, -0.1) is 0 Å². The van der Waals surface area contributed by atoms with E-state index in [-0.39, 0.29) is 23.2 Å². The van der Waals surface area contributed by atoms with Crippen LogP contribution in [0.4, 0.5) is 0 Å². The Morgan fingerprint density at radius 1 is 1.27 bits per heavy atom. The van der Waals surface area contributed by atoms with Crippen LogP contribution in [0.2, 0.25) is 0 Å². The first-order valence-electron chi connectivity index (χ1n) is 7.41. The SMILES string of the molecule is Cc1ccc(S(=O)(=O)N2CC[C@@]34C=C[C@@H](CC(=O)[C@H]23)O4)cc1. The monoisotopic (exact) mass is 319 g/mol. The van der Waals surface area contributed by atoms with Gasteiger partial charge in [-0.25, -0.2) is 8.42 Å². The van der Waals surface area contributed by atoms with Crippen molar-refractivity contribution in [2.24, 2.45) is 0 Å². The highest BCUT2D eigenvalue weighted by Gasteiger charge is 2.59. The minimum atomic E-state index is -3.69. The Kier molecular flexibility index (Phi) is 2.89. The highest BCUT2D eigenvalue weighted by Crippen LogP contribution is 2.45. The fourth-order valence-corrected chi connectivity index (χ4v) is 5.34. The topological polar surface area (TPSA) is 63.7 Å². The number of carbonyl (C=O) groups excluding carboxylic acids is 1. The van der Waals surface area contributed by atoms with Crippen LogP contribution in [0.3, 0.4) is 0 Å². The maximum absolute atomic E-state index is 12.9. The van der Waals surface area contributed by atoms with Gasteiger partial charge >= 0.3 is 0 Å². The van der Waals surface area contributed by atoms with Gasteiger partial charge in [-0.1, -0.05) is 29.8 Å². The average molecular weight is 319 g/mol. The number of sulfonamides is 1. The predicted molar refractivity (Wildman–Crippen MR) is 79.8 cm³/mol. The molecule has 3 aliphatic heterocycles. The smallest absolute Gasteiger partial charge is 0.243 e. The van der Waals surface area contributed by atoms with Crippen molar-refractivity contribution in [1.29, 1.82) is 0 Å². The van der Waals surface area contributed by atoms with Crippen LogP contribution in [-0.2, 0) is 19.6 Å². The molecular weight excluding hydrogens is 302 g/mol. The standard InChI is InChI=1S/C16H17NO4S/c1-11-2-4-13(5-3-11)22(19,20)17-9-8-16-7-6-12(21-16)10-14(18)15(16)17/h2-7,12,15H,8-10H2,1H3/t12-,15-,16-/m0/s1. The lowest BCUT2D eigenvalue weighted by atomic mass is 9.90. The van der Waals surface area contributed by atoms with Crippen LogP contribution in [0, 0.1) is 6.92 Å². The lowest BCUT2D eigenvalue weighted by Crippen LogP contribution is -2.55. The molecule has 22 heavy (non-hydrogen) atoms. The van der Waals surface area contributed by atoms with Crippen LogP contribution in [0.5, 0.6) is 0 Å². The number of nitrogens with zero attached hydrogens (tertiary/aromatic N) is 1. The summed E-state index contributed by atoms with van der Waals surface area (Å²) in [6, 6.07) is 6.00. The number of carbonyl (C=O) groups is 1. The molecule has 2 bridgehead atoms. The van der Waals surface area contributed by atoms with E-state index in [0.29, 0.717) is 13.0 Å². The van der Waals surface area contributed by atoms with Gasteiger partial charge < -0.3 is 4.74 Å². The third-order valence-electron chi connectivity index (χ3n) is 4.77. The molecule has 4 rings (SSSR count). The van der Waals surface area contributed by atoms with E-state index >= 15 is 0 Å². The van der Waals surface area contributed by atoms with Crippen molar-refractivity contribution in [3.63, 3.8) is 0 Å². The van der Waals surface area contributed by atoms with E-state index in [1.54, 1.807) is 24.3 Å². The molecule has 5 nitrogen and oxygen atoms in total. The predicted octanol–water partition coefficient (Wildman–Crippen LogP) is 1.42. The van der Waals surface area contributed by atoms with Crippen molar-refractivity contribution in [2.45, 2.75) is 42.4 Å². The summed E-state index contributed by atoms with van der Waals surface area (Å²) in [6.07, 6.45) is 4.37. The van der Waals surface area contributed by atoms with Gasteiger partial charge in [-0.2, -0.15) is 4.31 Å². The molecule has 2 saturated heterocycles. The molecule has 0 amide bonds. The first kappa shape index (κ1) is 14.1. The Morgan fingerprint density at radius 3 is 2.73 bits per heavy atom. The molecule has 3 aliphatic rings. The number of ether oxygens (including phenoxy) is 1. The zero-order valence-electron chi connectivity index (χ0n) is 12.2. The average Bonchev–Trinajstić information content (AvgIpc) is 3.02. The first-order chi connectivity index (χ1) is 10.4. The van der Waals surface area contributed by atoms with Crippen LogP contribution >= 0.6 is 0 Å². The Labute approximate surface area is 129 Å². The van der Waals surface area contributed by atoms with Crippen molar-refractivity contribution in [3.05, 3.63) is 42.0 Å². The molecule has 1 aromatic carbocycles. The Hall–Kier alpha value is -1.50. The van der Waals surface area contributed by atoms with E-state index in [0.717, 1.165) is 5.56 Å². The lowest BCUT2D eigenvalue weighted by molar-refractivity contribution is -0.142. The van der Waals surface area contributed by atoms with E-state index in [9.17, 15) is 13.2 Å². The largest absolute Gasteiger partial charge is 0.361 e. The summed E-state index contributed by atoms with van der Waals surface area (Å²) in [5.74, 6) is -0.0468. The molecule has 3 heterocycles. The van der Waals surface area contributed by atoms with Gasteiger partial charge in [0, 0.05) is 13.0 Å². The van der Waals surface area contributed by atoms with E-state index in [1.807, 2.05) is 19.1 Å². The molecule has 3 atom stereocenters. The van der Waals surface area contributed by atoms with Crippen molar-refractivity contribution in [2.75, 3.05) is 6.54 Å². The normalized spacial score (nSPS) is 34.1. The van der Waals surface area contributed by atoms with Crippen LogP contribution in [0.25, 0.3) is 0 Å². The summed E-state index contributed by atoms with van der Waals surface area (Å²) in [6.45, 7) is 2.22. The number of hydrogen-bond acceptors (Lipinski definition) is 4. The van der Waals surface area contributed by atoms with Gasteiger partial charge in [0.15, 0.2) is 5.78 Å². The lowest BCUT2D eigenvalue weighted by Gasteiger charge is -2.37. The number of rotatable bonds is 2. The molecule has 2 fully saturated rings. The van der Waals surface area contributed by atoms with E-state index < -0.39 is 21.7 Å². The van der Waals surface area contributed by atoms with Crippen LogP contribution in [0.1, 0.15) is 18.4 Å². The number of Topliss-reactive ketones (excluding diaryl/α,β-unsaturated/α-hetero) is 1. The van der Waals surface area contributed by atoms with Gasteiger partial charge in [0.05, 0.1) is 11.0 Å². The quantitative estimate of drug-likeness (QED) is 0.774. The number of aryl methyl sites for hydroxylation is 1. The fraction of sp³-hybridized carbons (Fsp3) is 0.438. The second-order valence-corrected chi connectivity index (χ2v) is 8.11. The number of hydrogen-bond donors (Lipinski definition) is 0. The third kappa shape index (κ3) is 1.84. The fourth-order valence-electron chi connectivity index (χ4n) is 3.68. The molecule has 1 spiro atoms. The maximum Gasteiger partial charge on any atom is 0.243 e. The summed E-state index contributed by atoms with van der Waals surface area (Å²) < 4.78 is 33.1. The van der Waals surface area contributed by atoms with Crippen LogP contribution < -0.4 is 0 Å². The van der Waals surface area contributed by atoms with Gasteiger partial charge in [0.25, 0.3) is 0 Å². The van der Waals surface area contributed by atoms with Gasteiger partial charge in [-0.3, -0.25) is 4.79 Å². The molecule has 0 radical (unpaired) electrons. The molecule has 6 heteroatoms. The minimum Gasteiger partial charge on any atom is -0.361 e. The molecule has 0 unspecified atom stereocenters. The Morgan fingerprint density at radius 2 is 2.00 bits per heavy atom. The number of fused-ring (bicyclic) bond motifs is 1. The van der Waals surface area contributed by atoms with Crippen molar-refractivity contribution < 1.29 is 17.9 Å². The van der Waals surface area contributed by atoms with Gasteiger partial charge in [0.2, 0.25) is 10.0 Å². The number of benzene rings is 1. The minimum absolute atomic E-state index is 0.0468. The molecule has 0 saturated carbocycles. The summed E-state index contributed by atoms with van der Waals surface area (Å²) in [7, 11) is -3.69. The van der Waals surface area contributed by atoms with Crippen LogP contribution in [0.15, 0.2) is 41.3 Å². The molecular formula is C16H17NO4S. The van der Waals surface area contributed by atoms with Gasteiger partial charge in [0.1, 0.15) is 11.6 Å². The molecule has 116 valence electrons. The third-order valence-corrected chi connectivity index (χ3v) is 6.65. The highest BCUT2D eigenvalue weighted by molar-refractivity contribution is 7.89. The Bertz CT molecular complexity index is 768. The zero-order valence-corrected chi connectivity index (χ0v) is 13.0. The summed E-state index contributed by atoms with van der Waals surface area (Å²) in [4.78, 5) is 12.7. The zero-order chi connectivity index (χ0) is 15.5. The Balaban J connectivity index is 1.75. The molecule has 1 aromatic rings. The molecule has 0 aromatic heterocycles. The number of ketones is 1. The van der Waals surface area contributed by atoms with Crippen LogP contribution in [-0.4, -0.2) is 42.8 Å². The molecule has 0 N–H and O–H groups in total. The first-order valence-corrected chi connectivity index (χ1v) is 8.85. The van der Waals surface area contributed by atoms with Crippen molar-refractivity contribution >= 4 is 15.8 Å². The highest BCUT2D eigenvalue weighted by atomic mass is 32.2. The van der Waals surface area contributed by atoms with E-state index in [2.05, 4.69) is 0 Å². The maximum atomic E-state index is 12.9. The summed E-state index contributed by atoms with van der Waals surface area (Å²) in [5.41, 5.74) is 0.244. The van der Waals surface area contributed by atoms with Crippen molar-refractivity contribution in [1.82, 2.24) is 4.31 Å². The summed E-state index contributed by atoms with van der Waals surface area (Å²) >= 11 is 0. The van der Waals surface area contributed by atoms with E-state index in [4.69, 9.17) is 4.74 Å². The van der Waals surface area contributed by atoms with Crippen molar-refractivity contribution in [3.8, 4) is 0 Å². The second-order valence-electron chi connectivity index (χ2n) is 6.22. The molecule has 0 aliphatic carbocycles. The van der Waals surface area contributed by atoms with E-state index in [1.165, 1.54) is 4.31 Å². The second kappa shape index (κ2) is 4.50. The summed E-state index contributed by atoms with van der Waals surface area (Å²) in [5, 5.41) is 0. The van der Waals surface area contributed by atoms with Gasteiger partial charge in [-0.05, 0) is 25.5 Å².